The Hall–Kier alpha value is -3.66. The molecular weight excluding hydrogens is 430 g/mol. The highest BCUT2D eigenvalue weighted by atomic mass is 32.1. The largest absolute Gasteiger partial charge is 0.340 e. The fourth-order valence-corrected chi connectivity index (χ4v) is 3.76. The molecule has 0 fully saturated rings. The monoisotopic (exact) mass is 453 g/mol. The third-order valence-electron chi connectivity index (χ3n) is 5.04. The molecule has 0 saturated carbocycles. The Morgan fingerprint density at radius 3 is 2.50 bits per heavy atom. The van der Waals surface area contributed by atoms with Crippen molar-refractivity contribution in [1.82, 2.24) is 15.5 Å². The molecule has 0 aliphatic rings. The van der Waals surface area contributed by atoms with Crippen LogP contribution in [0.15, 0.2) is 48.5 Å². The van der Waals surface area contributed by atoms with Crippen molar-refractivity contribution in [1.29, 1.82) is 0 Å². The summed E-state index contributed by atoms with van der Waals surface area (Å²) in [7, 11) is 0. The number of hydrogen-bond acceptors (Lipinski definition) is 7. The molecule has 0 aliphatic heterocycles. The van der Waals surface area contributed by atoms with Crippen molar-refractivity contribution in [3.05, 3.63) is 69.8 Å². The van der Waals surface area contributed by atoms with E-state index in [1.165, 1.54) is 35.6 Å². The van der Waals surface area contributed by atoms with Crippen molar-refractivity contribution in [3.8, 4) is 10.6 Å². The average molecular weight is 454 g/mol. The van der Waals surface area contributed by atoms with E-state index in [1.807, 2.05) is 45.0 Å². The number of aromatic nitrogens is 2. The van der Waals surface area contributed by atoms with Crippen molar-refractivity contribution >= 4 is 34.0 Å². The van der Waals surface area contributed by atoms with Gasteiger partial charge in [0.05, 0.1) is 4.92 Å². The molecule has 1 aromatic heterocycles. The second-order valence-electron chi connectivity index (χ2n) is 7.41. The van der Waals surface area contributed by atoms with E-state index in [4.69, 9.17) is 0 Å². The minimum atomic E-state index is -0.811. The first-order valence-corrected chi connectivity index (χ1v) is 10.9. The quantitative estimate of drug-likeness (QED) is 0.389. The highest BCUT2D eigenvalue weighted by Gasteiger charge is 2.27. The Morgan fingerprint density at radius 1 is 1.16 bits per heavy atom. The lowest BCUT2D eigenvalue weighted by molar-refractivity contribution is -0.384. The third-order valence-corrected chi connectivity index (χ3v) is 5.93. The summed E-state index contributed by atoms with van der Waals surface area (Å²) in [6, 6.07) is 12.2. The second-order valence-corrected chi connectivity index (χ2v) is 8.39. The Morgan fingerprint density at radius 2 is 1.88 bits per heavy atom. The number of carbonyl (C=O) groups is 2. The van der Waals surface area contributed by atoms with Crippen LogP contribution in [0.3, 0.4) is 0 Å². The van der Waals surface area contributed by atoms with Crippen LogP contribution in [-0.2, 0) is 4.79 Å². The predicted molar refractivity (Wildman–Crippen MR) is 123 cm³/mol. The summed E-state index contributed by atoms with van der Waals surface area (Å²) >= 11 is 1.25. The zero-order valence-corrected chi connectivity index (χ0v) is 18.7. The number of hydrogen-bond donors (Lipinski definition) is 2. The molecule has 1 heterocycles. The molecule has 2 aromatic carbocycles. The number of nitrogens with zero attached hydrogens (tertiary/aromatic N) is 3. The molecule has 2 amide bonds. The summed E-state index contributed by atoms with van der Waals surface area (Å²) in [6.45, 7) is 5.76. The standard InChI is InChI=1S/C22H23N5O4S/c1-4-14(3)18(23-19(28)15-8-10-17(11-9-15)27(30)31)20(29)24-22-26-25-21(32-22)16-7-5-6-13(2)12-16/h5-12,14,18H,4H2,1-3H3,(H,23,28)(H,24,26,29). The Balaban J connectivity index is 1.72. The van der Waals surface area contributed by atoms with Gasteiger partial charge >= 0.3 is 0 Å². The van der Waals surface area contributed by atoms with E-state index in [2.05, 4.69) is 20.8 Å². The van der Waals surface area contributed by atoms with E-state index < -0.39 is 22.8 Å². The van der Waals surface area contributed by atoms with Gasteiger partial charge in [-0.25, -0.2) is 0 Å². The van der Waals surface area contributed by atoms with Gasteiger partial charge in [0.2, 0.25) is 11.0 Å². The minimum absolute atomic E-state index is 0.113. The van der Waals surface area contributed by atoms with E-state index in [9.17, 15) is 19.7 Å². The van der Waals surface area contributed by atoms with Crippen LogP contribution in [0.5, 0.6) is 0 Å². The van der Waals surface area contributed by atoms with E-state index in [1.54, 1.807) is 0 Å². The zero-order chi connectivity index (χ0) is 23.3. The lowest BCUT2D eigenvalue weighted by Gasteiger charge is -2.23. The van der Waals surface area contributed by atoms with E-state index in [0.29, 0.717) is 16.6 Å². The van der Waals surface area contributed by atoms with Gasteiger partial charge in [-0.15, -0.1) is 10.2 Å². The van der Waals surface area contributed by atoms with Gasteiger partial charge in [-0.2, -0.15) is 0 Å². The van der Waals surface area contributed by atoms with Gasteiger partial charge in [-0.1, -0.05) is 55.4 Å². The van der Waals surface area contributed by atoms with Crippen LogP contribution in [0.2, 0.25) is 0 Å². The maximum Gasteiger partial charge on any atom is 0.269 e. The Bertz CT molecular complexity index is 1130. The van der Waals surface area contributed by atoms with Crippen LogP contribution in [0.25, 0.3) is 10.6 Å². The molecule has 0 bridgehead atoms. The first kappa shape index (κ1) is 23.0. The van der Waals surface area contributed by atoms with E-state index in [0.717, 1.165) is 11.1 Å². The summed E-state index contributed by atoms with van der Waals surface area (Å²) in [5, 5.41) is 25.5. The summed E-state index contributed by atoms with van der Waals surface area (Å²) in [5.41, 5.74) is 2.12. The van der Waals surface area contributed by atoms with Crippen LogP contribution in [0.1, 0.15) is 36.2 Å². The fraction of sp³-hybridized carbons (Fsp3) is 0.273. The Labute approximate surface area is 189 Å². The molecule has 10 heteroatoms. The highest BCUT2D eigenvalue weighted by molar-refractivity contribution is 7.18. The third kappa shape index (κ3) is 5.52. The fourth-order valence-electron chi connectivity index (χ4n) is 3.01. The van der Waals surface area contributed by atoms with E-state index >= 15 is 0 Å². The summed E-state index contributed by atoms with van der Waals surface area (Å²) in [6.07, 6.45) is 0.656. The summed E-state index contributed by atoms with van der Waals surface area (Å²) in [5.74, 6) is -1.04. The van der Waals surface area contributed by atoms with Crippen LogP contribution in [0.4, 0.5) is 10.8 Å². The molecule has 166 valence electrons. The van der Waals surface area contributed by atoms with Crippen LogP contribution in [0, 0.1) is 23.0 Å². The molecule has 2 atom stereocenters. The number of rotatable bonds is 8. The topological polar surface area (TPSA) is 127 Å². The van der Waals surface area contributed by atoms with Gasteiger partial charge in [-0.05, 0) is 31.0 Å². The van der Waals surface area contributed by atoms with Crippen LogP contribution >= 0.6 is 11.3 Å². The van der Waals surface area contributed by atoms with Gasteiger partial charge < -0.3 is 5.32 Å². The number of nitro benzene ring substituents is 1. The Kier molecular flexibility index (Phi) is 7.26. The zero-order valence-electron chi connectivity index (χ0n) is 17.9. The molecule has 0 saturated heterocycles. The molecule has 32 heavy (non-hydrogen) atoms. The number of anilines is 1. The molecule has 3 rings (SSSR count). The van der Waals surface area contributed by atoms with Gasteiger partial charge in [-0.3, -0.25) is 25.0 Å². The maximum absolute atomic E-state index is 12.9. The number of amides is 2. The normalized spacial score (nSPS) is 12.6. The van der Waals surface area contributed by atoms with Gasteiger partial charge in [0.15, 0.2) is 0 Å². The summed E-state index contributed by atoms with van der Waals surface area (Å²) in [4.78, 5) is 35.9. The van der Waals surface area contributed by atoms with Crippen molar-refractivity contribution in [2.45, 2.75) is 33.2 Å². The van der Waals surface area contributed by atoms with Gasteiger partial charge in [0.1, 0.15) is 11.0 Å². The number of non-ortho nitro benzene ring substituents is 1. The average Bonchev–Trinajstić information content (AvgIpc) is 3.25. The molecular formula is C22H23N5O4S. The number of nitro groups is 1. The minimum Gasteiger partial charge on any atom is -0.340 e. The number of carbonyl (C=O) groups excluding carboxylic acids is 2. The van der Waals surface area contributed by atoms with Crippen molar-refractivity contribution in [3.63, 3.8) is 0 Å². The molecule has 2 N–H and O–H groups in total. The lowest BCUT2D eigenvalue weighted by Crippen LogP contribution is -2.47. The molecule has 3 aromatic rings. The first-order chi connectivity index (χ1) is 15.3. The molecule has 2 unspecified atom stereocenters. The molecule has 9 nitrogen and oxygen atoms in total. The predicted octanol–water partition coefficient (Wildman–Crippen LogP) is 4.20. The number of nitrogens with one attached hydrogen (secondary N) is 2. The highest BCUT2D eigenvalue weighted by Crippen LogP contribution is 2.27. The van der Waals surface area contributed by atoms with Crippen LogP contribution < -0.4 is 10.6 Å². The smallest absolute Gasteiger partial charge is 0.269 e. The van der Waals surface area contributed by atoms with Crippen molar-refractivity contribution in [2.75, 3.05) is 5.32 Å². The first-order valence-electron chi connectivity index (χ1n) is 10.0. The molecule has 0 aliphatic carbocycles. The maximum atomic E-state index is 12.9. The second kappa shape index (κ2) is 10.1. The number of benzene rings is 2. The SMILES string of the molecule is CCC(C)C(NC(=O)c1ccc([N+](=O)[O-])cc1)C(=O)Nc1nnc(-c2cccc(C)c2)s1. The number of aryl methyl sites for hydroxylation is 1. The molecule has 0 radical (unpaired) electrons. The lowest BCUT2D eigenvalue weighted by atomic mass is 9.98. The van der Waals surface area contributed by atoms with E-state index in [-0.39, 0.29) is 17.2 Å². The van der Waals surface area contributed by atoms with Crippen molar-refractivity contribution in [2.24, 2.45) is 5.92 Å². The summed E-state index contributed by atoms with van der Waals surface area (Å²) < 4.78 is 0. The van der Waals surface area contributed by atoms with Crippen molar-refractivity contribution < 1.29 is 14.5 Å². The molecule has 0 spiro atoms. The van der Waals surface area contributed by atoms with Crippen LogP contribution in [-0.4, -0.2) is 33.0 Å². The van der Waals surface area contributed by atoms with Gasteiger partial charge in [0.25, 0.3) is 11.6 Å². The van der Waals surface area contributed by atoms with Gasteiger partial charge in [0, 0.05) is 23.3 Å².